The third-order valence-electron chi connectivity index (χ3n) is 6.89. The number of carbonyl (C=O) groups excluding carboxylic acids is 3. The van der Waals surface area contributed by atoms with Crippen LogP contribution in [0.1, 0.15) is 30.3 Å². The summed E-state index contributed by atoms with van der Waals surface area (Å²) in [7, 11) is 0. The Labute approximate surface area is 231 Å². The number of aryl methyl sites for hydroxylation is 2. The number of urea groups is 1. The van der Waals surface area contributed by atoms with Crippen molar-refractivity contribution in [3.05, 3.63) is 84.0 Å². The molecule has 0 spiro atoms. The molecule has 0 unspecified atom stereocenters. The van der Waals surface area contributed by atoms with Crippen molar-refractivity contribution in [3.63, 3.8) is 0 Å². The summed E-state index contributed by atoms with van der Waals surface area (Å²) in [5.41, 5.74) is 3.49. The van der Waals surface area contributed by atoms with Gasteiger partial charge in [0.1, 0.15) is 5.75 Å². The van der Waals surface area contributed by atoms with Gasteiger partial charge in [0.05, 0.1) is 29.0 Å². The van der Waals surface area contributed by atoms with Crippen LogP contribution in [0, 0.1) is 13.8 Å². The number of para-hydroxylation sites is 1. The number of nitrogens with one attached hydrogen (secondary N) is 2. The van der Waals surface area contributed by atoms with E-state index in [1.807, 2.05) is 25.1 Å². The minimum absolute atomic E-state index is 0.157. The van der Waals surface area contributed by atoms with Crippen molar-refractivity contribution in [3.8, 4) is 11.8 Å². The van der Waals surface area contributed by atoms with Crippen LogP contribution in [-0.4, -0.2) is 56.8 Å². The Hall–Kier alpha value is -5.06. The highest BCUT2D eigenvalue weighted by molar-refractivity contribution is 6.13. The smallest absolute Gasteiger partial charge is 0.331 e. The molecule has 1 fully saturated rings. The van der Waals surface area contributed by atoms with Gasteiger partial charge in [0.15, 0.2) is 0 Å². The van der Waals surface area contributed by atoms with Crippen LogP contribution in [0.3, 0.4) is 0 Å². The summed E-state index contributed by atoms with van der Waals surface area (Å²) in [6.07, 6.45) is 5.04. The molecule has 1 saturated heterocycles. The molecule has 3 aromatic rings. The van der Waals surface area contributed by atoms with E-state index in [1.54, 1.807) is 43.1 Å². The largest absolute Gasteiger partial charge is 0.424 e. The SMILES string of the molecule is C=CC(=O)N1CC[C@@H](NC(=O)/C(C)=C2\NC(=O)N(c3cnc(Oc4ccccc4)nc3C)c3ccnc(C)c32)C1. The second-order valence-electron chi connectivity index (χ2n) is 9.54. The van der Waals surface area contributed by atoms with Crippen LogP contribution in [0.25, 0.3) is 5.70 Å². The molecule has 2 N–H and O–H groups in total. The molecule has 1 atom stereocenters. The van der Waals surface area contributed by atoms with Gasteiger partial charge < -0.3 is 20.3 Å². The second-order valence-corrected chi connectivity index (χ2v) is 9.54. The molecular weight excluding hydrogens is 510 g/mol. The zero-order valence-corrected chi connectivity index (χ0v) is 22.5. The van der Waals surface area contributed by atoms with E-state index in [1.165, 1.54) is 17.2 Å². The fraction of sp³-hybridized carbons (Fsp3) is 0.241. The van der Waals surface area contributed by atoms with Gasteiger partial charge in [-0.3, -0.25) is 19.5 Å². The number of pyridine rings is 1. The van der Waals surface area contributed by atoms with E-state index in [4.69, 9.17) is 4.74 Å². The van der Waals surface area contributed by atoms with Crippen molar-refractivity contribution in [2.45, 2.75) is 33.2 Å². The third-order valence-corrected chi connectivity index (χ3v) is 6.89. The van der Waals surface area contributed by atoms with Crippen molar-refractivity contribution in [1.29, 1.82) is 0 Å². The van der Waals surface area contributed by atoms with Gasteiger partial charge in [0.2, 0.25) is 11.8 Å². The summed E-state index contributed by atoms with van der Waals surface area (Å²) in [6.45, 7) is 9.70. The monoisotopic (exact) mass is 539 g/mol. The Balaban J connectivity index is 1.44. The van der Waals surface area contributed by atoms with E-state index in [0.717, 1.165) is 0 Å². The number of hydrogen-bond acceptors (Lipinski definition) is 7. The minimum Gasteiger partial charge on any atom is -0.424 e. The summed E-state index contributed by atoms with van der Waals surface area (Å²) < 4.78 is 5.74. The maximum absolute atomic E-state index is 13.5. The molecule has 40 heavy (non-hydrogen) atoms. The van der Waals surface area contributed by atoms with Gasteiger partial charge in [-0.2, -0.15) is 4.98 Å². The molecule has 2 aromatic heterocycles. The van der Waals surface area contributed by atoms with Crippen molar-refractivity contribution < 1.29 is 19.1 Å². The Morgan fingerprint density at radius 2 is 1.90 bits per heavy atom. The summed E-state index contributed by atoms with van der Waals surface area (Å²) in [6, 6.07) is 10.4. The molecule has 0 bridgehead atoms. The van der Waals surface area contributed by atoms with Crippen LogP contribution in [-0.2, 0) is 9.59 Å². The highest BCUT2D eigenvalue weighted by Crippen LogP contribution is 2.39. The number of nitrogens with zero attached hydrogens (tertiary/aromatic N) is 5. The van der Waals surface area contributed by atoms with E-state index < -0.39 is 6.03 Å². The number of aromatic nitrogens is 3. The number of likely N-dealkylation sites (tertiary alicyclic amines) is 1. The normalized spacial score (nSPS) is 17.6. The Kier molecular flexibility index (Phi) is 7.28. The molecule has 5 rings (SSSR count). The average molecular weight is 540 g/mol. The zero-order valence-electron chi connectivity index (χ0n) is 22.5. The standard InChI is InChI=1S/C29H29N7O4/c1-5-24(37)35-14-12-20(16-35)33-27(38)17(2)26-25-19(4)30-13-11-22(25)36(29(39)34-26)23-15-31-28(32-18(23)3)40-21-9-7-6-8-10-21/h5-11,13,15,20H,1,12,14,16H2,2-4H3,(H,33,38)(H,34,39)/b26-17-/t20-/m1/s1. The Morgan fingerprint density at radius 3 is 2.62 bits per heavy atom. The van der Waals surface area contributed by atoms with Crippen LogP contribution in [0.2, 0.25) is 0 Å². The predicted molar refractivity (Wildman–Crippen MR) is 149 cm³/mol. The molecule has 11 heteroatoms. The Bertz CT molecular complexity index is 1540. The average Bonchev–Trinajstić information content (AvgIpc) is 3.41. The summed E-state index contributed by atoms with van der Waals surface area (Å²) in [5, 5.41) is 5.87. The fourth-order valence-electron chi connectivity index (χ4n) is 4.82. The number of carbonyl (C=O) groups is 3. The van der Waals surface area contributed by atoms with Crippen LogP contribution >= 0.6 is 0 Å². The number of benzene rings is 1. The van der Waals surface area contributed by atoms with Crippen molar-refractivity contribution in [2.24, 2.45) is 0 Å². The number of anilines is 2. The summed E-state index contributed by atoms with van der Waals surface area (Å²) in [5.74, 6) is 0.0948. The van der Waals surface area contributed by atoms with Crippen molar-refractivity contribution in [2.75, 3.05) is 18.0 Å². The van der Waals surface area contributed by atoms with Crippen LogP contribution in [0.15, 0.2) is 67.0 Å². The van der Waals surface area contributed by atoms with Gasteiger partial charge in [0, 0.05) is 42.2 Å². The lowest BCUT2D eigenvalue weighted by Crippen LogP contribution is -2.43. The van der Waals surface area contributed by atoms with Gasteiger partial charge in [-0.1, -0.05) is 24.8 Å². The van der Waals surface area contributed by atoms with E-state index in [0.29, 0.717) is 64.9 Å². The van der Waals surface area contributed by atoms with E-state index >= 15 is 0 Å². The maximum atomic E-state index is 13.5. The highest BCUT2D eigenvalue weighted by atomic mass is 16.5. The molecule has 11 nitrogen and oxygen atoms in total. The molecule has 4 heterocycles. The van der Waals surface area contributed by atoms with E-state index in [2.05, 4.69) is 32.2 Å². The van der Waals surface area contributed by atoms with Gasteiger partial charge in [-0.15, -0.1) is 0 Å². The molecule has 2 aliphatic rings. The molecule has 0 radical (unpaired) electrons. The van der Waals surface area contributed by atoms with E-state index in [-0.39, 0.29) is 23.9 Å². The summed E-state index contributed by atoms with van der Waals surface area (Å²) >= 11 is 0. The van der Waals surface area contributed by atoms with E-state index in [9.17, 15) is 14.4 Å². The first-order valence-electron chi connectivity index (χ1n) is 12.8. The lowest BCUT2D eigenvalue weighted by atomic mass is 10.00. The molecular formula is C29H29N7O4. The van der Waals surface area contributed by atoms with Gasteiger partial charge in [0.25, 0.3) is 0 Å². The molecule has 1 aromatic carbocycles. The summed E-state index contributed by atoms with van der Waals surface area (Å²) in [4.78, 5) is 55.0. The number of fused-ring (bicyclic) bond motifs is 1. The maximum Gasteiger partial charge on any atom is 0.331 e. The molecule has 204 valence electrons. The number of amides is 4. The number of hydrogen-bond donors (Lipinski definition) is 2. The van der Waals surface area contributed by atoms with Crippen LogP contribution in [0.4, 0.5) is 16.2 Å². The first-order chi connectivity index (χ1) is 19.3. The third kappa shape index (κ3) is 5.13. The lowest BCUT2D eigenvalue weighted by molar-refractivity contribution is -0.125. The first kappa shape index (κ1) is 26.5. The highest BCUT2D eigenvalue weighted by Gasteiger charge is 2.34. The first-order valence-corrected chi connectivity index (χ1v) is 12.8. The topological polar surface area (TPSA) is 130 Å². The quantitative estimate of drug-likeness (QED) is 0.456. The van der Waals surface area contributed by atoms with Gasteiger partial charge in [-0.05, 0) is 51.5 Å². The Morgan fingerprint density at radius 1 is 1.12 bits per heavy atom. The van der Waals surface area contributed by atoms with Crippen molar-refractivity contribution in [1.82, 2.24) is 30.5 Å². The van der Waals surface area contributed by atoms with Crippen molar-refractivity contribution >= 4 is 34.9 Å². The zero-order chi connectivity index (χ0) is 28.4. The molecule has 0 aliphatic carbocycles. The fourth-order valence-corrected chi connectivity index (χ4v) is 4.82. The van der Waals surface area contributed by atoms with Crippen LogP contribution < -0.4 is 20.3 Å². The predicted octanol–water partition coefficient (Wildman–Crippen LogP) is 3.78. The number of rotatable bonds is 6. The molecule has 4 amide bonds. The minimum atomic E-state index is -0.465. The molecule has 0 saturated carbocycles. The lowest BCUT2D eigenvalue weighted by Gasteiger charge is -2.33. The van der Waals surface area contributed by atoms with Gasteiger partial charge in [-0.25, -0.2) is 9.78 Å². The second kappa shape index (κ2) is 11.0. The van der Waals surface area contributed by atoms with Crippen LogP contribution in [0.5, 0.6) is 11.8 Å². The molecule has 2 aliphatic heterocycles. The number of ether oxygens (including phenoxy) is 1. The van der Waals surface area contributed by atoms with Gasteiger partial charge >= 0.3 is 12.0 Å².